The van der Waals surface area contributed by atoms with Crippen molar-refractivity contribution in [3.05, 3.63) is 11.9 Å². The first-order valence-corrected chi connectivity index (χ1v) is 8.06. The van der Waals surface area contributed by atoms with Gasteiger partial charge in [0.1, 0.15) is 11.6 Å². The number of aryl methyl sites for hydroxylation is 1. The van der Waals surface area contributed by atoms with Crippen LogP contribution in [0.3, 0.4) is 0 Å². The van der Waals surface area contributed by atoms with Crippen LogP contribution < -0.4 is 10.1 Å². The smallest absolute Gasteiger partial charge is 0.218 e. The first-order chi connectivity index (χ1) is 9.81. The van der Waals surface area contributed by atoms with Gasteiger partial charge in [0.15, 0.2) is 0 Å². The van der Waals surface area contributed by atoms with E-state index in [4.69, 9.17) is 4.74 Å². The van der Waals surface area contributed by atoms with Crippen LogP contribution >= 0.6 is 0 Å². The van der Waals surface area contributed by atoms with Crippen LogP contribution in [0, 0.1) is 5.92 Å². The van der Waals surface area contributed by atoms with Crippen molar-refractivity contribution in [2.75, 3.05) is 18.5 Å². The molecule has 1 aliphatic carbocycles. The van der Waals surface area contributed by atoms with E-state index in [2.05, 4.69) is 29.1 Å². The van der Waals surface area contributed by atoms with Crippen molar-refractivity contribution < 1.29 is 4.74 Å². The van der Waals surface area contributed by atoms with Crippen molar-refractivity contribution in [3.63, 3.8) is 0 Å². The maximum Gasteiger partial charge on any atom is 0.218 e. The zero-order chi connectivity index (χ0) is 14.2. The Morgan fingerprint density at radius 3 is 2.70 bits per heavy atom. The summed E-state index contributed by atoms with van der Waals surface area (Å²) in [6, 6.07) is 1.93. The topological polar surface area (TPSA) is 47.0 Å². The highest BCUT2D eigenvalue weighted by Crippen LogP contribution is 2.24. The van der Waals surface area contributed by atoms with E-state index in [0.29, 0.717) is 5.92 Å². The maximum atomic E-state index is 5.92. The van der Waals surface area contributed by atoms with Crippen LogP contribution in [-0.2, 0) is 6.42 Å². The molecule has 1 aromatic rings. The van der Waals surface area contributed by atoms with E-state index >= 15 is 0 Å². The van der Waals surface area contributed by atoms with E-state index in [1.165, 1.54) is 32.1 Å². The van der Waals surface area contributed by atoms with E-state index in [1.54, 1.807) is 0 Å². The van der Waals surface area contributed by atoms with Gasteiger partial charge in [-0.15, -0.1) is 0 Å². The predicted molar refractivity (Wildman–Crippen MR) is 82.3 cm³/mol. The molecule has 0 amide bonds. The van der Waals surface area contributed by atoms with E-state index < -0.39 is 0 Å². The number of nitrogens with zero attached hydrogens (tertiary/aromatic N) is 2. The number of nitrogens with one attached hydrogen (secondary N) is 1. The molecule has 0 radical (unpaired) electrons. The standard InChI is InChI=1S/C16H27N3O/c1-3-10-17-15-11-16(19-14(4-2)18-15)20-12-13-8-6-5-7-9-13/h11,13H,3-10,12H2,1-2H3,(H,17,18,19). The summed E-state index contributed by atoms with van der Waals surface area (Å²) in [5.41, 5.74) is 0. The summed E-state index contributed by atoms with van der Waals surface area (Å²) in [6.07, 6.45) is 8.60. The van der Waals surface area contributed by atoms with Crippen molar-refractivity contribution in [2.45, 2.75) is 58.8 Å². The zero-order valence-electron chi connectivity index (χ0n) is 12.8. The second-order valence-corrected chi connectivity index (χ2v) is 5.60. The molecule has 112 valence electrons. The average molecular weight is 277 g/mol. The number of aromatic nitrogens is 2. The van der Waals surface area contributed by atoms with E-state index in [1.807, 2.05) is 6.07 Å². The number of anilines is 1. The van der Waals surface area contributed by atoms with Crippen molar-refractivity contribution in [1.29, 1.82) is 0 Å². The molecule has 0 unspecified atom stereocenters. The van der Waals surface area contributed by atoms with Gasteiger partial charge in [0.05, 0.1) is 6.61 Å². The van der Waals surface area contributed by atoms with Gasteiger partial charge in [0, 0.05) is 19.0 Å². The number of rotatable bonds is 7. The Labute approximate surface area is 122 Å². The fourth-order valence-electron chi connectivity index (χ4n) is 2.61. The number of hydrogen-bond donors (Lipinski definition) is 1. The molecule has 1 aromatic heterocycles. The van der Waals surface area contributed by atoms with Crippen molar-refractivity contribution in [2.24, 2.45) is 5.92 Å². The minimum atomic E-state index is 0.704. The van der Waals surface area contributed by atoms with Crippen LogP contribution in [0.15, 0.2) is 6.07 Å². The van der Waals surface area contributed by atoms with Gasteiger partial charge in [-0.25, -0.2) is 4.98 Å². The summed E-state index contributed by atoms with van der Waals surface area (Å²) in [6.45, 7) is 5.95. The molecule has 4 nitrogen and oxygen atoms in total. The lowest BCUT2D eigenvalue weighted by Crippen LogP contribution is -2.16. The third-order valence-electron chi connectivity index (χ3n) is 3.81. The van der Waals surface area contributed by atoms with Crippen molar-refractivity contribution >= 4 is 5.82 Å². The molecule has 1 N–H and O–H groups in total. The molecular weight excluding hydrogens is 250 g/mol. The van der Waals surface area contributed by atoms with E-state index in [-0.39, 0.29) is 0 Å². The van der Waals surface area contributed by atoms with Crippen LogP contribution in [0.1, 0.15) is 58.2 Å². The molecule has 0 bridgehead atoms. The molecule has 0 aliphatic heterocycles. The summed E-state index contributed by atoms with van der Waals surface area (Å²) in [5.74, 6) is 3.17. The van der Waals surface area contributed by atoms with Crippen LogP contribution in [0.2, 0.25) is 0 Å². The van der Waals surface area contributed by atoms with Crippen molar-refractivity contribution in [1.82, 2.24) is 9.97 Å². The van der Waals surface area contributed by atoms with Gasteiger partial charge in [-0.05, 0) is 25.2 Å². The maximum absolute atomic E-state index is 5.92. The lowest BCUT2D eigenvalue weighted by molar-refractivity contribution is 0.202. The zero-order valence-corrected chi connectivity index (χ0v) is 12.8. The molecule has 1 fully saturated rings. The first-order valence-electron chi connectivity index (χ1n) is 8.06. The highest BCUT2D eigenvalue weighted by Gasteiger charge is 2.14. The van der Waals surface area contributed by atoms with Gasteiger partial charge in [-0.3, -0.25) is 0 Å². The molecule has 1 saturated carbocycles. The van der Waals surface area contributed by atoms with Crippen molar-refractivity contribution in [3.8, 4) is 5.88 Å². The summed E-state index contributed by atoms with van der Waals surface area (Å²) < 4.78 is 5.92. The van der Waals surface area contributed by atoms with E-state index in [9.17, 15) is 0 Å². The quantitative estimate of drug-likeness (QED) is 0.823. The molecule has 0 saturated heterocycles. The van der Waals surface area contributed by atoms with Gasteiger partial charge in [0.2, 0.25) is 5.88 Å². The number of ether oxygens (including phenoxy) is 1. The van der Waals surface area contributed by atoms with E-state index in [0.717, 1.165) is 43.5 Å². The average Bonchev–Trinajstić information content (AvgIpc) is 2.51. The molecule has 1 heterocycles. The minimum Gasteiger partial charge on any atom is -0.477 e. The Kier molecular flexibility index (Phi) is 6.09. The first kappa shape index (κ1) is 15.1. The highest BCUT2D eigenvalue weighted by atomic mass is 16.5. The lowest BCUT2D eigenvalue weighted by atomic mass is 9.90. The Hall–Kier alpha value is -1.32. The lowest BCUT2D eigenvalue weighted by Gasteiger charge is -2.21. The van der Waals surface area contributed by atoms with Crippen LogP contribution in [-0.4, -0.2) is 23.1 Å². The molecule has 0 spiro atoms. The Morgan fingerprint density at radius 1 is 1.20 bits per heavy atom. The Balaban J connectivity index is 1.94. The minimum absolute atomic E-state index is 0.704. The Morgan fingerprint density at radius 2 is 2.00 bits per heavy atom. The Bertz CT molecular complexity index is 403. The molecule has 20 heavy (non-hydrogen) atoms. The fourth-order valence-corrected chi connectivity index (χ4v) is 2.61. The molecular formula is C16H27N3O. The number of hydrogen-bond acceptors (Lipinski definition) is 4. The molecule has 1 aliphatic rings. The van der Waals surface area contributed by atoms with Gasteiger partial charge < -0.3 is 10.1 Å². The second kappa shape index (κ2) is 8.08. The summed E-state index contributed by atoms with van der Waals surface area (Å²) in [4.78, 5) is 8.95. The summed E-state index contributed by atoms with van der Waals surface area (Å²) in [5, 5.41) is 3.32. The monoisotopic (exact) mass is 277 g/mol. The third-order valence-corrected chi connectivity index (χ3v) is 3.81. The van der Waals surface area contributed by atoms with Crippen LogP contribution in [0.5, 0.6) is 5.88 Å². The largest absolute Gasteiger partial charge is 0.477 e. The summed E-state index contributed by atoms with van der Waals surface area (Å²) in [7, 11) is 0. The van der Waals surface area contributed by atoms with Crippen LogP contribution in [0.25, 0.3) is 0 Å². The van der Waals surface area contributed by atoms with Gasteiger partial charge in [-0.1, -0.05) is 33.1 Å². The fraction of sp³-hybridized carbons (Fsp3) is 0.750. The predicted octanol–water partition coefficient (Wildman–Crippen LogP) is 3.82. The third kappa shape index (κ3) is 4.66. The van der Waals surface area contributed by atoms with Gasteiger partial charge in [0.25, 0.3) is 0 Å². The SMILES string of the molecule is CCCNc1cc(OCC2CCCCC2)nc(CC)n1. The summed E-state index contributed by atoms with van der Waals surface area (Å²) >= 11 is 0. The van der Waals surface area contributed by atoms with Gasteiger partial charge in [-0.2, -0.15) is 4.98 Å². The van der Waals surface area contributed by atoms with Gasteiger partial charge >= 0.3 is 0 Å². The molecule has 0 atom stereocenters. The van der Waals surface area contributed by atoms with Crippen LogP contribution in [0.4, 0.5) is 5.82 Å². The molecule has 4 heteroatoms. The second-order valence-electron chi connectivity index (χ2n) is 5.60. The highest BCUT2D eigenvalue weighted by molar-refractivity contribution is 5.38. The molecule has 0 aromatic carbocycles. The molecule has 2 rings (SSSR count). The normalized spacial score (nSPS) is 16.1.